The minimum Gasteiger partial charge on any atom is -0.487 e. The fourth-order valence-electron chi connectivity index (χ4n) is 2.14. The highest BCUT2D eigenvalue weighted by Crippen LogP contribution is 2.28. The topological polar surface area (TPSA) is 48.1 Å². The van der Waals surface area contributed by atoms with Gasteiger partial charge in [-0.1, -0.05) is 0 Å². The molecule has 2 aromatic carbocycles. The molecule has 3 rings (SSSR count). The standard InChI is InChI=1S/C16H12F2N2O/c17-11-6-10(7-12(18)8-11)9-21-15-4-3-14(19)13-2-1-5-20-16(13)15/h1-8H,9,19H2. The summed E-state index contributed by atoms with van der Waals surface area (Å²) in [6.07, 6.45) is 1.64. The molecule has 0 saturated carbocycles. The molecule has 0 aliphatic carbocycles. The van der Waals surface area contributed by atoms with Crippen LogP contribution < -0.4 is 10.5 Å². The van der Waals surface area contributed by atoms with Crippen molar-refractivity contribution < 1.29 is 13.5 Å². The number of ether oxygens (including phenoxy) is 1. The summed E-state index contributed by atoms with van der Waals surface area (Å²) < 4.78 is 31.9. The first-order chi connectivity index (χ1) is 10.1. The van der Waals surface area contributed by atoms with Crippen LogP contribution in [0, 0.1) is 11.6 Å². The van der Waals surface area contributed by atoms with E-state index >= 15 is 0 Å². The lowest BCUT2D eigenvalue weighted by atomic mass is 10.1. The van der Waals surface area contributed by atoms with Crippen LogP contribution >= 0.6 is 0 Å². The van der Waals surface area contributed by atoms with E-state index in [0.717, 1.165) is 11.5 Å². The Bertz CT molecular complexity index is 785. The maximum absolute atomic E-state index is 13.1. The largest absolute Gasteiger partial charge is 0.487 e. The van der Waals surface area contributed by atoms with Gasteiger partial charge >= 0.3 is 0 Å². The summed E-state index contributed by atoms with van der Waals surface area (Å²) in [5.41, 5.74) is 7.51. The van der Waals surface area contributed by atoms with Crippen molar-refractivity contribution in [1.29, 1.82) is 0 Å². The SMILES string of the molecule is Nc1ccc(OCc2cc(F)cc(F)c2)c2ncccc12. The Morgan fingerprint density at radius 3 is 2.57 bits per heavy atom. The molecule has 0 amide bonds. The first-order valence-corrected chi connectivity index (χ1v) is 6.34. The van der Waals surface area contributed by atoms with Crippen molar-refractivity contribution in [2.75, 3.05) is 5.73 Å². The van der Waals surface area contributed by atoms with Crippen LogP contribution in [0.15, 0.2) is 48.7 Å². The smallest absolute Gasteiger partial charge is 0.146 e. The van der Waals surface area contributed by atoms with Gasteiger partial charge in [-0.15, -0.1) is 0 Å². The van der Waals surface area contributed by atoms with Gasteiger partial charge in [0.05, 0.1) is 0 Å². The van der Waals surface area contributed by atoms with E-state index in [1.54, 1.807) is 24.4 Å². The van der Waals surface area contributed by atoms with Crippen LogP contribution in [-0.4, -0.2) is 4.98 Å². The number of nitrogen functional groups attached to an aromatic ring is 1. The zero-order chi connectivity index (χ0) is 14.8. The predicted octanol–water partition coefficient (Wildman–Crippen LogP) is 3.67. The molecule has 0 fully saturated rings. The van der Waals surface area contributed by atoms with Gasteiger partial charge in [0.2, 0.25) is 0 Å². The summed E-state index contributed by atoms with van der Waals surface area (Å²) in [6.45, 7) is 0.0459. The molecule has 106 valence electrons. The number of pyridine rings is 1. The third kappa shape index (κ3) is 2.76. The molecule has 0 atom stereocenters. The summed E-state index contributed by atoms with van der Waals surface area (Å²) in [5, 5.41) is 0.778. The Kier molecular flexibility index (Phi) is 3.39. The highest BCUT2D eigenvalue weighted by atomic mass is 19.1. The number of anilines is 1. The summed E-state index contributed by atoms with van der Waals surface area (Å²) in [4.78, 5) is 4.24. The van der Waals surface area contributed by atoms with E-state index in [4.69, 9.17) is 10.5 Å². The van der Waals surface area contributed by atoms with Crippen LogP contribution in [0.25, 0.3) is 10.9 Å². The zero-order valence-corrected chi connectivity index (χ0v) is 11.0. The van der Waals surface area contributed by atoms with E-state index in [1.807, 2.05) is 6.07 Å². The molecule has 3 aromatic rings. The number of hydrogen-bond acceptors (Lipinski definition) is 3. The van der Waals surface area contributed by atoms with E-state index in [9.17, 15) is 8.78 Å². The lowest BCUT2D eigenvalue weighted by Crippen LogP contribution is -1.99. The third-order valence-corrected chi connectivity index (χ3v) is 3.08. The molecule has 3 nitrogen and oxygen atoms in total. The van der Waals surface area contributed by atoms with Crippen molar-refractivity contribution >= 4 is 16.6 Å². The predicted molar refractivity (Wildman–Crippen MR) is 76.8 cm³/mol. The summed E-state index contributed by atoms with van der Waals surface area (Å²) in [7, 11) is 0. The second kappa shape index (κ2) is 5.36. The average molecular weight is 286 g/mol. The molecular weight excluding hydrogens is 274 g/mol. The molecule has 0 radical (unpaired) electrons. The number of hydrogen-bond donors (Lipinski definition) is 1. The zero-order valence-electron chi connectivity index (χ0n) is 11.0. The normalized spacial score (nSPS) is 10.8. The number of aromatic nitrogens is 1. The van der Waals surface area contributed by atoms with Gasteiger partial charge in [0.1, 0.15) is 29.5 Å². The minimum atomic E-state index is -0.631. The van der Waals surface area contributed by atoms with Gasteiger partial charge in [-0.25, -0.2) is 8.78 Å². The van der Waals surface area contributed by atoms with Crippen LogP contribution in [-0.2, 0) is 6.61 Å². The van der Waals surface area contributed by atoms with E-state index in [0.29, 0.717) is 22.5 Å². The van der Waals surface area contributed by atoms with Crippen molar-refractivity contribution in [3.63, 3.8) is 0 Å². The van der Waals surface area contributed by atoms with Gasteiger partial charge in [0.25, 0.3) is 0 Å². The molecule has 1 aromatic heterocycles. The average Bonchev–Trinajstić information content (AvgIpc) is 2.46. The summed E-state index contributed by atoms with van der Waals surface area (Å²) in [5.74, 6) is -0.743. The second-order valence-electron chi connectivity index (χ2n) is 4.62. The number of rotatable bonds is 3. The molecule has 0 saturated heterocycles. The van der Waals surface area contributed by atoms with E-state index < -0.39 is 11.6 Å². The number of halogens is 2. The van der Waals surface area contributed by atoms with E-state index in [1.165, 1.54) is 12.1 Å². The van der Waals surface area contributed by atoms with Crippen molar-refractivity contribution in [3.05, 3.63) is 65.9 Å². The van der Waals surface area contributed by atoms with Crippen LogP contribution in [0.5, 0.6) is 5.75 Å². The number of nitrogens with zero attached hydrogens (tertiary/aromatic N) is 1. The molecule has 21 heavy (non-hydrogen) atoms. The summed E-state index contributed by atoms with van der Waals surface area (Å²) >= 11 is 0. The van der Waals surface area contributed by atoms with Gasteiger partial charge in [-0.2, -0.15) is 0 Å². The Balaban J connectivity index is 1.90. The van der Waals surface area contributed by atoms with Crippen molar-refractivity contribution in [3.8, 4) is 5.75 Å². The fraction of sp³-hybridized carbons (Fsp3) is 0.0625. The Labute approximate surface area is 120 Å². The first kappa shape index (κ1) is 13.3. The first-order valence-electron chi connectivity index (χ1n) is 6.34. The molecule has 2 N–H and O–H groups in total. The Hall–Kier alpha value is -2.69. The molecular formula is C16H12F2N2O. The highest BCUT2D eigenvalue weighted by Gasteiger charge is 2.07. The number of fused-ring (bicyclic) bond motifs is 1. The Morgan fingerprint density at radius 2 is 1.81 bits per heavy atom. The van der Waals surface area contributed by atoms with Crippen LogP contribution in [0.1, 0.15) is 5.56 Å². The van der Waals surface area contributed by atoms with Crippen LogP contribution in [0.4, 0.5) is 14.5 Å². The van der Waals surface area contributed by atoms with Gasteiger partial charge in [0, 0.05) is 23.3 Å². The highest BCUT2D eigenvalue weighted by molar-refractivity contribution is 5.94. The molecule has 1 heterocycles. The van der Waals surface area contributed by atoms with Gasteiger partial charge in [-0.05, 0) is 42.0 Å². The lowest BCUT2D eigenvalue weighted by Gasteiger charge is -2.10. The summed E-state index contributed by atoms with van der Waals surface area (Å²) in [6, 6.07) is 10.3. The minimum absolute atomic E-state index is 0.0459. The van der Waals surface area contributed by atoms with Crippen molar-refractivity contribution in [2.45, 2.75) is 6.61 Å². The van der Waals surface area contributed by atoms with Crippen molar-refractivity contribution in [1.82, 2.24) is 4.98 Å². The quantitative estimate of drug-likeness (QED) is 0.747. The van der Waals surface area contributed by atoms with Crippen LogP contribution in [0.2, 0.25) is 0 Å². The molecule has 0 spiro atoms. The maximum atomic E-state index is 13.1. The number of nitrogens with two attached hydrogens (primary N) is 1. The van der Waals surface area contributed by atoms with Gasteiger partial charge in [0.15, 0.2) is 0 Å². The lowest BCUT2D eigenvalue weighted by molar-refractivity contribution is 0.308. The van der Waals surface area contributed by atoms with Gasteiger partial charge in [-0.3, -0.25) is 4.98 Å². The maximum Gasteiger partial charge on any atom is 0.146 e. The number of benzene rings is 2. The monoisotopic (exact) mass is 286 g/mol. The second-order valence-corrected chi connectivity index (χ2v) is 4.62. The van der Waals surface area contributed by atoms with Crippen molar-refractivity contribution in [2.24, 2.45) is 0 Å². The third-order valence-electron chi connectivity index (χ3n) is 3.08. The van der Waals surface area contributed by atoms with Crippen LogP contribution in [0.3, 0.4) is 0 Å². The molecule has 0 aliphatic heterocycles. The van der Waals surface area contributed by atoms with E-state index in [2.05, 4.69) is 4.98 Å². The fourth-order valence-corrected chi connectivity index (χ4v) is 2.14. The Morgan fingerprint density at radius 1 is 1.05 bits per heavy atom. The molecule has 0 aliphatic rings. The van der Waals surface area contributed by atoms with Gasteiger partial charge < -0.3 is 10.5 Å². The molecule has 5 heteroatoms. The van der Waals surface area contributed by atoms with E-state index in [-0.39, 0.29) is 6.61 Å². The molecule has 0 bridgehead atoms. The molecule has 0 unspecified atom stereocenters.